The lowest BCUT2D eigenvalue weighted by Gasteiger charge is -2.08. The Kier molecular flexibility index (Phi) is 3.68. The largest absolute Gasteiger partial charge is 0.478 e. The number of hydrogen-bond donors (Lipinski definition) is 2. The van der Waals surface area contributed by atoms with Gasteiger partial charge in [-0.2, -0.15) is 0 Å². The Morgan fingerprint density at radius 1 is 1.53 bits per heavy atom. The number of nitrogens with one attached hydrogen (secondary N) is 1. The zero-order valence-corrected chi connectivity index (χ0v) is 8.14. The van der Waals surface area contributed by atoms with Crippen LogP contribution in [0.2, 0.25) is 0 Å². The van der Waals surface area contributed by atoms with Crippen molar-refractivity contribution in [2.45, 2.75) is 13.0 Å². The molecule has 0 spiro atoms. The summed E-state index contributed by atoms with van der Waals surface area (Å²) in [6.07, 6.45) is 3.25. The number of carbonyl (C=O) groups is 2. The summed E-state index contributed by atoms with van der Waals surface area (Å²) >= 11 is 0. The Morgan fingerprint density at radius 3 is 2.80 bits per heavy atom. The molecule has 5 heteroatoms. The van der Waals surface area contributed by atoms with Gasteiger partial charge in [-0.3, -0.25) is 4.79 Å². The van der Waals surface area contributed by atoms with Crippen LogP contribution in [0.25, 0.3) is 0 Å². The van der Waals surface area contributed by atoms with Crippen molar-refractivity contribution in [3.05, 3.63) is 36.3 Å². The molecule has 1 rings (SSSR count). The SMILES string of the molecule is CC(NC(=O)/C=C/C(=O)O)c1ccco1. The minimum Gasteiger partial charge on any atom is -0.478 e. The molecule has 1 amide bonds. The second kappa shape index (κ2) is 4.99. The normalized spacial score (nSPS) is 12.6. The molecule has 0 saturated carbocycles. The lowest BCUT2D eigenvalue weighted by atomic mass is 10.2. The van der Waals surface area contributed by atoms with E-state index in [1.807, 2.05) is 0 Å². The minimum absolute atomic E-state index is 0.286. The fourth-order valence-corrected chi connectivity index (χ4v) is 1.02. The zero-order chi connectivity index (χ0) is 11.3. The molecule has 1 heterocycles. The average molecular weight is 209 g/mol. The highest BCUT2D eigenvalue weighted by atomic mass is 16.4. The first-order valence-electron chi connectivity index (χ1n) is 4.34. The minimum atomic E-state index is -1.16. The molecule has 0 aliphatic rings. The van der Waals surface area contributed by atoms with E-state index in [0.29, 0.717) is 5.76 Å². The van der Waals surface area contributed by atoms with Crippen LogP contribution in [-0.2, 0) is 9.59 Å². The molecule has 1 aromatic heterocycles. The smallest absolute Gasteiger partial charge is 0.328 e. The summed E-state index contributed by atoms with van der Waals surface area (Å²) in [5.74, 6) is -1.01. The van der Waals surface area contributed by atoms with Crippen molar-refractivity contribution in [2.75, 3.05) is 0 Å². The molecule has 0 saturated heterocycles. The number of aliphatic carboxylic acids is 1. The lowest BCUT2D eigenvalue weighted by molar-refractivity contribution is -0.131. The van der Waals surface area contributed by atoms with Crippen LogP contribution < -0.4 is 5.32 Å². The van der Waals surface area contributed by atoms with Crippen LogP contribution in [0.1, 0.15) is 18.7 Å². The highest BCUT2D eigenvalue weighted by molar-refractivity contribution is 5.93. The summed E-state index contributed by atoms with van der Waals surface area (Å²) in [5, 5.41) is 10.8. The van der Waals surface area contributed by atoms with Gasteiger partial charge >= 0.3 is 5.97 Å². The summed E-state index contributed by atoms with van der Waals surface area (Å²) in [5.41, 5.74) is 0. The van der Waals surface area contributed by atoms with Crippen molar-refractivity contribution in [3.8, 4) is 0 Å². The number of furan rings is 1. The predicted octanol–water partition coefficient (Wildman–Crippen LogP) is 1.10. The molecule has 0 bridgehead atoms. The molecule has 0 aliphatic heterocycles. The van der Waals surface area contributed by atoms with Crippen molar-refractivity contribution >= 4 is 11.9 Å². The molecule has 0 fully saturated rings. The Morgan fingerprint density at radius 2 is 2.27 bits per heavy atom. The van der Waals surface area contributed by atoms with E-state index in [9.17, 15) is 9.59 Å². The van der Waals surface area contributed by atoms with Gasteiger partial charge in [0.15, 0.2) is 0 Å². The van der Waals surface area contributed by atoms with Gasteiger partial charge in [0, 0.05) is 12.2 Å². The standard InChI is InChI=1S/C10H11NO4/c1-7(8-3-2-6-15-8)11-9(12)4-5-10(13)14/h2-7H,1H3,(H,11,12)(H,13,14)/b5-4+. The van der Waals surface area contributed by atoms with E-state index in [0.717, 1.165) is 12.2 Å². The van der Waals surface area contributed by atoms with Gasteiger partial charge in [0.25, 0.3) is 0 Å². The van der Waals surface area contributed by atoms with Crippen LogP contribution in [0, 0.1) is 0 Å². The molecular weight excluding hydrogens is 198 g/mol. The first kappa shape index (κ1) is 11.0. The second-order valence-electron chi connectivity index (χ2n) is 2.92. The fraction of sp³-hybridized carbons (Fsp3) is 0.200. The van der Waals surface area contributed by atoms with Crippen LogP contribution >= 0.6 is 0 Å². The quantitative estimate of drug-likeness (QED) is 0.727. The maximum Gasteiger partial charge on any atom is 0.328 e. The molecule has 0 radical (unpaired) electrons. The highest BCUT2D eigenvalue weighted by Gasteiger charge is 2.09. The van der Waals surface area contributed by atoms with Gasteiger partial charge in [-0.1, -0.05) is 0 Å². The molecule has 0 aromatic carbocycles. The van der Waals surface area contributed by atoms with Crippen molar-refractivity contribution in [1.29, 1.82) is 0 Å². The summed E-state index contributed by atoms with van der Waals surface area (Å²) in [4.78, 5) is 21.3. The molecule has 1 atom stereocenters. The Hall–Kier alpha value is -2.04. The monoisotopic (exact) mass is 209 g/mol. The molecular formula is C10H11NO4. The van der Waals surface area contributed by atoms with Crippen LogP contribution in [0.15, 0.2) is 35.0 Å². The van der Waals surface area contributed by atoms with Crippen molar-refractivity contribution < 1.29 is 19.1 Å². The van der Waals surface area contributed by atoms with Crippen LogP contribution in [0.4, 0.5) is 0 Å². The maximum atomic E-state index is 11.2. The van der Waals surface area contributed by atoms with E-state index in [4.69, 9.17) is 9.52 Å². The predicted molar refractivity (Wildman–Crippen MR) is 52.0 cm³/mol. The van der Waals surface area contributed by atoms with E-state index >= 15 is 0 Å². The third-order valence-corrected chi connectivity index (χ3v) is 1.71. The van der Waals surface area contributed by atoms with Crippen LogP contribution in [0.5, 0.6) is 0 Å². The summed E-state index contributed by atoms with van der Waals surface area (Å²) in [6, 6.07) is 3.16. The number of carbonyl (C=O) groups excluding carboxylic acids is 1. The van der Waals surface area contributed by atoms with Gasteiger partial charge in [0.05, 0.1) is 12.3 Å². The fourth-order valence-electron chi connectivity index (χ4n) is 1.02. The summed E-state index contributed by atoms with van der Waals surface area (Å²) in [7, 11) is 0. The van der Waals surface area contributed by atoms with E-state index < -0.39 is 11.9 Å². The van der Waals surface area contributed by atoms with Gasteiger partial charge in [0.2, 0.25) is 5.91 Å². The molecule has 1 unspecified atom stereocenters. The van der Waals surface area contributed by atoms with Crippen molar-refractivity contribution in [2.24, 2.45) is 0 Å². The lowest BCUT2D eigenvalue weighted by Crippen LogP contribution is -2.24. The molecule has 0 aliphatic carbocycles. The Balaban J connectivity index is 2.49. The number of carboxylic acids is 1. The molecule has 5 nitrogen and oxygen atoms in total. The van der Waals surface area contributed by atoms with E-state index in [1.165, 1.54) is 6.26 Å². The summed E-state index contributed by atoms with van der Waals surface area (Å²) < 4.78 is 5.07. The van der Waals surface area contributed by atoms with Crippen LogP contribution in [-0.4, -0.2) is 17.0 Å². The third-order valence-electron chi connectivity index (χ3n) is 1.71. The third kappa shape index (κ3) is 3.68. The van der Waals surface area contributed by atoms with Gasteiger partial charge in [-0.25, -0.2) is 4.79 Å². The van der Waals surface area contributed by atoms with Gasteiger partial charge in [-0.15, -0.1) is 0 Å². The van der Waals surface area contributed by atoms with Crippen molar-refractivity contribution in [1.82, 2.24) is 5.32 Å². The number of hydrogen-bond acceptors (Lipinski definition) is 3. The first-order chi connectivity index (χ1) is 7.09. The van der Waals surface area contributed by atoms with Crippen molar-refractivity contribution in [3.63, 3.8) is 0 Å². The van der Waals surface area contributed by atoms with Gasteiger partial charge < -0.3 is 14.8 Å². The zero-order valence-electron chi connectivity index (χ0n) is 8.14. The van der Waals surface area contributed by atoms with Gasteiger partial charge in [-0.05, 0) is 19.1 Å². The topological polar surface area (TPSA) is 79.5 Å². The molecule has 15 heavy (non-hydrogen) atoms. The number of rotatable bonds is 4. The number of amides is 1. The van der Waals surface area contributed by atoms with E-state index in [2.05, 4.69) is 5.32 Å². The average Bonchev–Trinajstić information content (AvgIpc) is 2.67. The number of carboxylic acid groups (broad SMARTS) is 1. The molecule has 80 valence electrons. The second-order valence-corrected chi connectivity index (χ2v) is 2.92. The van der Waals surface area contributed by atoms with E-state index in [1.54, 1.807) is 19.1 Å². The molecule has 1 aromatic rings. The van der Waals surface area contributed by atoms with Gasteiger partial charge in [0.1, 0.15) is 5.76 Å². The summed E-state index contributed by atoms with van der Waals surface area (Å²) in [6.45, 7) is 1.74. The van der Waals surface area contributed by atoms with E-state index in [-0.39, 0.29) is 6.04 Å². The Labute approximate surface area is 86.4 Å². The first-order valence-corrected chi connectivity index (χ1v) is 4.34. The maximum absolute atomic E-state index is 11.2. The Bertz CT molecular complexity index is 367. The molecule has 2 N–H and O–H groups in total. The van der Waals surface area contributed by atoms with Crippen LogP contribution in [0.3, 0.4) is 0 Å². The highest BCUT2D eigenvalue weighted by Crippen LogP contribution is 2.11.